The minimum Gasteiger partial charge on any atom is -0.508 e. The smallest absolute Gasteiger partial charge is 0.508 e. The normalized spacial score (nSPS) is 13.6. The number of rotatable bonds is 3. The number of phenols is 1. The van der Waals surface area contributed by atoms with Crippen LogP contribution in [0.3, 0.4) is 0 Å². The third kappa shape index (κ3) is 3.61. The topological polar surface area (TPSA) is 55.8 Å². The maximum atomic E-state index is 12.1. The maximum Gasteiger partial charge on any atom is 0.514 e. The summed E-state index contributed by atoms with van der Waals surface area (Å²) in [5.74, 6) is 0.637. The molecule has 0 bridgehead atoms. The van der Waals surface area contributed by atoms with Crippen LogP contribution in [0.5, 0.6) is 11.5 Å². The van der Waals surface area contributed by atoms with Gasteiger partial charge in [-0.15, -0.1) is 0 Å². The Kier molecular flexibility index (Phi) is 5.17. The van der Waals surface area contributed by atoms with Gasteiger partial charge in [0, 0.05) is 0 Å². The van der Waals surface area contributed by atoms with Crippen LogP contribution in [0.25, 0.3) is 11.1 Å². The predicted octanol–water partition coefficient (Wildman–Crippen LogP) is 7.07. The Morgan fingerprint density at radius 3 is 1.68 bits per heavy atom. The average Bonchev–Trinajstić information content (AvgIpc) is 3.10. The molecule has 4 heteroatoms. The molecule has 0 radical (unpaired) electrons. The molecule has 0 saturated carbocycles. The molecule has 0 amide bonds. The fourth-order valence-corrected chi connectivity index (χ4v) is 4.88. The summed E-state index contributed by atoms with van der Waals surface area (Å²) < 4.78 is 10.7. The van der Waals surface area contributed by atoms with Gasteiger partial charge in [0.2, 0.25) is 0 Å². The SMILES string of the molecule is CC(C)(C)OC(=O)Oc1ccc(C2(c3ccc(O)cc3)c3ccccc3-c3ccccc32)cc1. The summed E-state index contributed by atoms with van der Waals surface area (Å²) in [5.41, 5.74) is 5.57. The van der Waals surface area contributed by atoms with Gasteiger partial charge in [0.15, 0.2) is 0 Å². The quantitative estimate of drug-likeness (QED) is 0.236. The zero-order chi connectivity index (χ0) is 23.9. The molecule has 4 nitrogen and oxygen atoms in total. The van der Waals surface area contributed by atoms with Crippen molar-refractivity contribution >= 4 is 6.16 Å². The van der Waals surface area contributed by atoms with E-state index in [2.05, 4.69) is 48.5 Å². The summed E-state index contributed by atoms with van der Waals surface area (Å²) in [6.07, 6.45) is -0.731. The van der Waals surface area contributed by atoms with Crippen molar-refractivity contribution in [1.29, 1.82) is 0 Å². The molecule has 0 spiro atoms. The van der Waals surface area contributed by atoms with Crippen LogP contribution in [0, 0.1) is 0 Å². The lowest BCUT2D eigenvalue weighted by Gasteiger charge is -2.34. The van der Waals surface area contributed by atoms with Crippen LogP contribution >= 0.6 is 0 Å². The Labute approximate surface area is 199 Å². The first-order valence-electron chi connectivity index (χ1n) is 11.3. The Balaban J connectivity index is 1.67. The van der Waals surface area contributed by atoms with Crippen molar-refractivity contribution in [3.63, 3.8) is 0 Å². The molecular formula is C30H26O4. The van der Waals surface area contributed by atoms with Gasteiger partial charge in [0.05, 0.1) is 5.41 Å². The van der Waals surface area contributed by atoms with E-state index in [-0.39, 0.29) is 5.75 Å². The van der Waals surface area contributed by atoms with E-state index in [1.807, 2.05) is 24.3 Å². The number of hydrogen-bond acceptors (Lipinski definition) is 4. The van der Waals surface area contributed by atoms with Gasteiger partial charge >= 0.3 is 6.16 Å². The van der Waals surface area contributed by atoms with E-state index in [4.69, 9.17) is 9.47 Å². The third-order valence-corrected chi connectivity index (χ3v) is 6.13. The molecule has 1 N–H and O–H groups in total. The Bertz CT molecular complexity index is 1300. The summed E-state index contributed by atoms with van der Waals surface area (Å²) in [5, 5.41) is 9.99. The van der Waals surface area contributed by atoms with Gasteiger partial charge in [-0.2, -0.15) is 0 Å². The number of aromatic hydroxyl groups is 1. The molecule has 5 rings (SSSR count). The Hall–Kier alpha value is -4.05. The van der Waals surface area contributed by atoms with E-state index in [1.165, 1.54) is 22.3 Å². The molecule has 34 heavy (non-hydrogen) atoms. The lowest BCUT2D eigenvalue weighted by atomic mass is 9.68. The Morgan fingerprint density at radius 1 is 0.706 bits per heavy atom. The molecule has 0 saturated heterocycles. The van der Waals surface area contributed by atoms with Crippen molar-refractivity contribution in [2.24, 2.45) is 0 Å². The number of carbonyl (C=O) groups is 1. The zero-order valence-corrected chi connectivity index (χ0v) is 19.4. The number of ether oxygens (including phenoxy) is 2. The molecule has 0 fully saturated rings. The van der Waals surface area contributed by atoms with Crippen molar-refractivity contribution in [2.45, 2.75) is 31.8 Å². The number of fused-ring (bicyclic) bond motifs is 3. The summed E-state index contributed by atoms with van der Waals surface area (Å²) in [7, 11) is 0. The highest BCUT2D eigenvalue weighted by Gasteiger charge is 2.45. The Morgan fingerprint density at radius 2 is 1.18 bits per heavy atom. The van der Waals surface area contributed by atoms with E-state index in [9.17, 15) is 9.90 Å². The van der Waals surface area contributed by atoms with E-state index >= 15 is 0 Å². The highest BCUT2D eigenvalue weighted by atomic mass is 16.7. The molecule has 0 aliphatic heterocycles. The highest BCUT2D eigenvalue weighted by molar-refractivity contribution is 5.86. The molecule has 1 aliphatic rings. The third-order valence-electron chi connectivity index (χ3n) is 6.13. The first kappa shape index (κ1) is 21.8. The molecule has 4 aromatic carbocycles. The van der Waals surface area contributed by atoms with Gasteiger partial charge in [0.1, 0.15) is 17.1 Å². The molecule has 0 heterocycles. The lowest BCUT2D eigenvalue weighted by molar-refractivity contribution is 0.0206. The van der Waals surface area contributed by atoms with Crippen molar-refractivity contribution in [3.8, 4) is 22.6 Å². The second kappa shape index (κ2) is 8.07. The molecule has 1 aliphatic carbocycles. The molecular weight excluding hydrogens is 424 g/mol. The second-order valence-corrected chi connectivity index (χ2v) is 9.48. The van der Waals surface area contributed by atoms with Gasteiger partial charge in [0.25, 0.3) is 0 Å². The van der Waals surface area contributed by atoms with E-state index in [0.29, 0.717) is 5.75 Å². The van der Waals surface area contributed by atoms with Crippen LogP contribution in [0.4, 0.5) is 4.79 Å². The van der Waals surface area contributed by atoms with Crippen molar-refractivity contribution < 1.29 is 19.4 Å². The van der Waals surface area contributed by atoms with Crippen LogP contribution in [0.15, 0.2) is 97.1 Å². The van der Waals surface area contributed by atoms with Gasteiger partial charge in [-0.05, 0) is 78.4 Å². The molecule has 0 aromatic heterocycles. The molecule has 170 valence electrons. The maximum absolute atomic E-state index is 12.1. The fourth-order valence-electron chi connectivity index (χ4n) is 4.88. The van der Waals surface area contributed by atoms with E-state index in [0.717, 1.165) is 11.1 Å². The first-order chi connectivity index (χ1) is 16.3. The van der Waals surface area contributed by atoms with Gasteiger partial charge < -0.3 is 14.6 Å². The first-order valence-corrected chi connectivity index (χ1v) is 11.3. The van der Waals surface area contributed by atoms with E-state index in [1.54, 1.807) is 45.0 Å². The zero-order valence-electron chi connectivity index (χ0n) is 19.4. The summed E-state index contributed by atoms with van der Waals surface area (Å²) in [6, 6.07) is 31.8. The van der Waals surface area contributed by atoms with Crippen molar-refractivity contribution in [1.82, 2.24) is 0 Å². The molecule has 4 aromatic rings. The largest absolute Gasteiger partial charge is 0.514 e. The molecule has 0 atom stereocenters. The highest BCUT2D eigenvalue weighted by Crippen LogP contribution is 2.56. The number of benzene rings is 4. The van der Waals surface area contributed by atoms with Crippen LogP contribution in [-0.2, 0) is 10.2 Å². The molecule has 0 unspecified atom stereocenters. The van der Waals surface area contributed by atoms with Gasteiger partial charge in [-0.1, -0.05) is 72.8 Å². The fraction of sp³-hybridized carbons (Fsp3) is 0.167. The van der Waals surface area contributed by atoms with Gasteiger partial charge in [-0.25, -0.2) is 4.79 Å². The van der Waals surface area contributed by atoms with Crippen LogP contribution in [0.1, 0.15) is 43.0 Å². The number of phenolic OH excluding ortho intramolecular Hbond substituents is 1. The van der Waals surface area contributed by atoms with Crippen LogP contribution < -0.4 is 4.74 Å². The van der Waals surface area contributed by atoms with Gasteiger partial charge in [-0.3, -0.25) is 0 Å². The van der Waals surface area contributed by atoms with Crippen LogP contribution in [0.2, 0.25) is 0 Å². The minimum atomic E-state index is -0.731. The van der Waals surface area contributed by atoms with Crippen molar-refractivity contribution in [2.75, 3.05) is 0 Å². The lowest BCUT2D eigenvalue weighted by Crippen LogP contribution is -2.28. The number of hydrogen-bond donors (Lipinski definition) is 1. The van der Waals surface area contributed by atoms with Crippen LogP contribution in [-0.4, -0.2) is 16.9 Å². The second-order valence-electron chi connectivity index (χ2n) is 9.48. The standard InChI is InChI=1S/C30H26O4/c1-29(2,3)34-28(32)33-23-18-14-21(15-19-23)30(20-12-16-22(31)17-13-20)26-10-6-4-8-24(26)25-9-5-7-11-27(25)30/h4-19,31H,1-3H3. The van der Waals surface area contributed by atoms with E-state index < -0.39 is 17.2 Å². The number of carbonyl (C=O) groups excluding carboxylic acids is 1. The average molecular weight is 451 g/mol. The summed E-state index contributed by atoms with van der Waals surface area (Å²) >= 11 is 0. The monoisotopic (exact) mass is 450 g/mol. The summed E-state index contributed by atoms with van der Waals surface area (Å²) in [6.45, 7) is 5.40. The minimum absolute atomic E-state index is 0.222. The van der Waals surface area contributed by atoms with Crippen molar-refractivity contribution in [3.05, 3.63) is 119 Å². The summed E-state index contributed by atoms with van der Waals surface area (Å²) in [4.78, 5) is 12.1. The predicted molar refractivity (Wildman–Crippen MR) is 132 cm³/mol.